The van der Waals surface area contributed by atoms with Crippen molar-refractivity contribution >= 4 is 0 Å². The first kappa shape index (κ1) is 8.40. The average Bonchev–Trinajstić information content (AvgIpc) is 1.84. The van der Waals surface area contributed by atoms with Gasteiger partial charge in [-0.3, -0.25) is 20.2 Å². The summed E-state index contributed by atoms with van der Waals surface area (Å²) in [5.74, 6) is -5.19. The first-order chi connectivity index (χ1) is 4.46. The van der Waals surface area contributed by atoms with E-state index in [1.54, 1.807) is 0 Å². The molecule has 8 heteroatoms. The number of rotatable bonds is 2. The van der Waals surface area contributed by atoms with E-state index in [4.69, 9.17) is 0 Å². The molecule has 0 heterocycles. The zero-order valence-corrected chi connectivity index (χ0v) is 4.28. The third kappa shape index (κ3) is 1.73. The maximum absolute atomic E-state index is 11.5. The minimum atomic E-state index is -2.59. The van der Waals surface area contributed by atoms with Crippen molar-refractivity contribution in [3.63, 3.8) is 0 Å². The maximum atomic E-state index is 11.5. The lowest BCUT2D eigenvalue weighted by atomic mass is 10.8. The first-order valence-corrected chi connectivity index (χ1v) is 1.81. The van der Waals surface area contributed by atoms with E-state index in [-0.39, 0.29) is 0 Å². The van der Waals surface area contributed by atoms with Crippen molar-refractivity contribution in [3.05, 3.63) is 32.1 Å². The van der Waals surface area contributed by atoms with Crippen LogP contribution in [-0.4, -0.2) is 9.85 Å². The Hall–Kier alpha value is -1.60. The normalized spacial score (nSPS) is 12.2. The van der Waals surface area contributed by atoms with Gasteiger partial charge in [-0.2, -0.15) is 0 Å². The van der Waals surface area contributed by atoms with Crippen LogP contribution in [0.15, 0.2) is 11.9 Å². The molecule has 10 heavy (non-hydrogen) atoms. The van der Waals surface area contributed by atoms with Gasteiger partial charge in [0.05, 0.1) is 0 Å². The molecule has 0 saturated carbocycles. The molecule has 0 rings (SSSR count). The zero-order valence-electron chi connectivity index (χ0n) is 4.28. The lowest BCUT2D eigenvalue weighted by molar-refractivity contribution is -0.500. The molecule has 0 aromatic carbocycles. The second-order valence-electron chi connectivity index (χ2n) is 1.10. The minimum absolute atomic E-state index is 1.82. The quantitative estimate of drug-likeness (QED) is 0.331. The van der Waals surface area contributed by atoms with Crippen molar-refractivity contribution in [1.29, 1.82) is 0 Å². The summed E-state index contributed by atoms with van der Waals surface area (Å²) in [7, 11) is 0. The molecule has 0 amide bonds. The van der Waals surface area contributed by atoms with Gasteiger partial charge in [-0.05, 0) is 0 Å². The third-order valence-electron chi connectivity index (χ3n) is 0.491. The first-order valence-electron chi connectivity index (χ1n) is 1.81. The SMILES string of the molecule is O=[N+]([O-])/C(F)=C(\F)[N+](=O)[O-]. The summed E-state index contributed by atoms with van der Waals surface area (Å²) < 4.78 is 23.1. The highest BCUT2D eigenvalue weighted by Crippen LogP contribution is 2.07. The van der Waals surface area contributed by atoms with Crippen LogP contribution >= 0.6 is 0 Å². The summed E-state index contributed by atoms with van der Waals surface area (Å²) in [5, 5.41) is 18.5. The topological polar surface area (TPSA) is 86.3 Å². The van der Waals surface area contributed by atoms with E-state index in [0.29, 0.717) is 0 Å². The highest BCUT2D eigenvalue weighted by Gasteiger charge is 2.29. The van der Waals surface area contributed by atoms with Crippen LogP contribution in [0.3, 0.4) is 0 Å². The van der Waals surface area contributed by atoms with Crippen molar-refractivity contribution in [1.82, 2.24) is 0 Å². The van der Waals surface area contributed by atoms with Crippen LogP contribution in [0, 0.1) is 20.2 Å². The largest absolute Gasteiger partial charge is 0.530 e. The van der Waals surface area contributed by atoms with Crippen molar-refractivity contribution in [2.24, 2.45) is 0 Å². The van der Waals surface area contributed by atoms with E-state index in [1.807, 2.05) is 0 Å². The van der Waals surface area contributed by atoms with Gasteiger partial charge in [0.1, 0.15) is 9.85 Å². The summed E-state index contributed by atoms with van der Waals surface area (Å²) in [4.78, 5) is 14.9. The van der Waals surface area contributed by atoms with Crippen LogP contribution in [0.25, 0.3) is 0 Å². The Kier molecular flexibility index (Phi) is 2.35. The van der Waals surface area contributed by atoms with Gasteiger partial charge in [-0.15, -0.1) is 8.78 Å². The summed E-state index contributed by atoms with van der Waals surface area (Å²) in [5.41, 5.74) is 0. The van der Waals surface area contributed by atoms with Crippen molar-refractivity contribution < 1.29 is 18.6 Å². The van der Waals surface area contributed by atoms with E-state index in [0.717, 1.165) is 0 Å². The molecule has 0 bridgehead atoms. The fraction of sp³-hybridized carbons (Fsp3) is 0. The van der Waals surface area contributed by atoms with Gasteiger partial charge in [-0.1, -0.05) is 0 Å². The molecule has 0 unspecified atom stereocenters. The molecule has 0 N–H and O–H groups in total. The average molecular weight is 154 g/mol. The standard InChI is InChI=1S/C2F2N2O4/c3-1(5(7)8)2(4)6(9)10/b2-1+. The Morgan fingerprint density at radius 2 is 1.20 bits per heavy atom. The minimum Gasteiger partial charge on any atom is -0.256 e. The number of halogens is 2. The van der Waals surface area contributed by atoms with Crippen LogP contribution in [0.1, 0.15) is 0 Å². The van der Waals surface area contributed by atoms with E-state index in [9.17, 15) is 29.0 Å². The Labute approximate surface area is 52.1 Å². The molecule has 0 aromatic rings. The number of nitrogens with zero attached hydrogens (tertiary/aromatic N) is 2. The Balaban J connectivity index is 4.67. The molecule has 0 fully saturated rings. The molecule has 0 aliphatic heterocycles. The zero-order chi connectivity index (χ0) is 8.31. The molecule has 0 saturated heterocycles. The van der Waals surface area contributed by atoms with Gasteiger partial charge >= 0.3 is 11.9 Å². The van der Waals surface area contributed by atoms with Gasteiger partial charge < -0.3 is 0 Å². The van der Waals surface area contributed by atoms with Crippen LogP contribution in [0.2, 0.25) is 0 Å². The molecule has 56 valence electrons. The van der Waals surface area contributed by atoms with Gasteiger partial charge in [0.2, 0.25) is 0 Å². The predicted octanol–water partition coefficient (Wildman–Crippen LogP) is 0.605. The molecule has 0 aliphatic carbocycles. The molecular weight excluding hydrogens is 154 g/mol. The molecule has 0 atom stereocenters. The van der Waals surface area contributed by atoms with E-state index >= 15 is 0 Å². The van der Waals surface area contributed by atoms with Crippen LogP contribution in [0.5, 0.6) is 0 Å². The van der Waals surface area contributed by atoms with Gasteiger partial charge in [0, 0.05) is 0 Å². The molecule has 0 spiro atoms. The monoisotopic (exact) mass is 154 g/mol. The molecule has 0 aromatic heterocycles. The Bertz CT molecular complexity index is 189. The van der Waals surface area contributed by atoms with Crippen molar-refractivity contribution in [2.45, 2.75) is 0 Å². The second kappa shape index (κ2) is 2.80. The highest BCUT2D eigenvalue weighted by molar-refractivity contribution is 4.78. The second-order valence-corrected chi connectivity index (χ2v) is 1.10. The van der Waals surface area contributed by atoms with Gasteiger partial charge in [0.25, 0.3) is 0 Å². The molecule has 6 nitrogen and oxygen atoms in total. The third-order valence-corrected chi connectivity index (χ3v) is 0.491. The van der Waals surface area contributed by atoms with Crippen molar-refractivity contribution in [3.8, 4) is 0 Å². The number of nitro groups is 2. The highest BCUT2D eigenvalue weighted by atomic mass is 19.2. The summed E-state index contributed by atoms with van der Waals surface area (Å²) in [6.45, 7) is 0. The summed E-state index contributed by atoms with van der Waals surface area (Å²) in [6, 6.07) is 0. The van der Waals surface area contributed by atoms with Gasteiger partial charge in [-0.25, -0.2) is 0 Å². The lowest BCUT2D eigenvalue weighted by Crippen LogP contribution is -2.02. The maximum Gasteiger partial charge on any atom is 0.530 e. The summed E-state index contributed by atoms with van der Waals surface area (Å²) in [6.07, 6.45) is 0. The molecular formula is C2F2N2O4. The van der Waals surface area contributed by atoms with Crippen LogP contribution in [-0.2, 0) is 0 Å². The Morgan fingerprint density at radius 3 is 1.30 bits per heavy atom. The number of hydrogen-bond acceptors (Lipinski definition) is 4. The lowest BCUT2D eigenvalue weighted by Gasteiger charge is -1.81. The Morgan fingerprint density at radius 1 is 1.00 bits per heavy atom. The fourth-order valence-corrected chi connectivity index (χ4v) is 0.151. The molecule has 0 radical (unpaired) electrons. The van der Waals surface area contributed by atoms with Gasteiger partial charge in [0.15, 0.2) is 0 Å². The van der Waals surface area contributed by atoms with E-state index < -0.39 is 21.7 Å². The predicted molar refractivity (Wildman–Crippen MR) is 23.2 cm³/mol. The number of hydrogen-bond donors (Lipinski definition) is 0. The van der Waals surface area contributed by atoms with E-state index in [2.05, 4.69) is 0 Å². The van der Waals surface area contributed by atoms with E-state index in [1.165, 1.54) is 0 Å². The fourth-order valence-electron chi connectivity index (χ4n) is 0.151. The molecule has 0 aliphatic rings. The smallest absolute Gasteiger partial charge is 0.256 e. The van der Waals surface area contributed by atoms with Crippen LogP contribution < -0.4 is 0 Å². The van der Waals surface area contributed by atoms with Crippen LogP contribution in [0.4, 0.5) is 8.78 Å². The summed E-state index contributed by atoms with van der Waals surface area (Å²) >= 11 is 0. The van der Waals surface area contributed by atoms with Crippen molar-refractivity contribution in [2.75, 3.05) is 0 Å².